The highest BCUT2D eigenvalue weighted by atomic mass is 32.1. The number of rotatable bonds is 6. The van der Waals surface area contributed by atoms with Crippen molar-refractivity contribution in [1.29, 1.82) is 0 Å². The molecule has 2 saturated carbocycles. The van der Waals surface area contributed by atoms with Crippen LogP contribution in [-0.2, 0) is 18.4 Å². The number of hydrogen-bond acceptors (Lipinski definition) is 7. The normalized spacial score (nSPS) is 30.0. The maximum atomic E-state index is 9.72. The molecule has 2 aromatic rings. The number of nitrogens with zero attached hydrogens (tertiary/aromatic N) is 4. The lowest BCUT2D eigenvalue weighted by atomic mass is 9.80. The second kappa shape index (κ2) is 6.39. The average Bonchev–Trinajstić information content (AvgIpc) is 3.01. The molecule has 1 aliphatic heterocycles. The van der Waals surface area contributed by atoms with Crippen molar-refractivity contribution in [3.8, 4) is 0 Å². The zero-order valence-electron chi connectivity index (χ0n) is 15.2. The molecular formula is C19H26N4O2S. The lowest BCUT2D eigenvalue weighted by molar-refractivity contribution is 0.203. The molecule has 0 spiro atoms. The predicted molar refractivity (Wildman–Crippen MR) is 97.8 cm³/mol. The fraction of sp³-hybridized carbons (Fsp3) is 0.737. The number of aliphatic hydroxyl groups excluding tert-OH is 1. The van der Waals surface area contributed by atoms with Gasteiger partial charge >= 0.3 is 0 Å². The fourth-order valence-corrected chi connectivity index (χ4v) is 5.67. The minimum atomic E-state index is -0.436. The van der Waals surface area contributed by atoms with Crippen LogP contribution in [0.15, 0.2) is 10.7 Å². The maximum Gasteiger partial charge on any atom is 0.234 e. The molecule has 0 unspecified atom stereocenters. The third-order valence-electron chi connectivity index (χ3n) is 6.35. The van der Waals surface area contributed by atoms with Crippen molar-refractivity contribution < 1.29 is 9.63 Å². The Morgan fingerprint density at radius 3 is 3.08 bits per heavy atom. The number of aliphatic hydroxyl groups is 1. The van der Waals surface area contributed by atoms with Gasteiger partial charge in [-0.3, -0.25) is 4.90 Å². The topological polar surface area (TPSA) is 75.3 Å². The molecule has 7 heteroatoms. The molecule has 140 valence electrons. The van der Waals surface area contributed by atoms with Crippen LogP contribution >= 0.6 is 11.3 Å². The Morgan fingerprint density at radius 2 is 2.31 bits per heavy atom. The molecule has 3 fully saturated rings. The van der Waals surface area contributed by atoms with Gasteiger partial charge in [-0.25, -0.2) is 4.98 Å². The monoisotopic (exact) mass is 374 g/mol. The maximum absolute atomic E-state index is 9.72. The van der Waals surface area contributed by atoms with Gasteiger partial charge in [0.2, 0.25) is 5.89 Å². The molecule has 0 aromatic carbocycles. The van der Waals surface area contributed by atoms with Gasteiger partial charge in [0.15, 0.2) is 5.82 Å². The lowest BCUT2D eigenvalue weighted by Crippen LogP contribution is -2.32. The van der Waals surface area contributed by atoms with Crippen LogP contribution in [0, 0.1) is 11.8 Å². The zero-order chi connectivity index (χ0) is 17.7. The van der Waals surface area contributed by atoms with Crippen molar-refractivity contribution in [3.05, 3.63) is 27.8 Å². The van der Waals surface area contributed by atoms with Crippen LogP contribution in [0.1, 0.15) is 66.7 Å². The molecular weight excluding hydrogens is 348 g/mol. The third kappa shape index (κ3) is 3.00. The first-order chi connectivity index (χ1) is 12.6. The highest BCUT2D eigenvalue weighted by molar-refractivity contribution is 7.11. The summed E-state index contributed by atoms with van der Waals surface area (Å²) in [7, 11) is 0. The lowest BCUT2D eigenvalue weighted by Gasteiger charge is -2.24. The van der Waals surface area contributed by atoms with E-state index in [0.717, 1.165) is 60.0 Å². The molecule has 0 amide bonds. The standard InChI is InChI=1S/C19H26N4O2S/c1-12(24)15-8-20-17(26-15)10-23-9-14-3-2-6-19(14,11-23)18-21-16(22-25-18)7-13-4-5-13/h8,12-14,24H,2-7,9-11H2,1H3/t12-,14-,19-/m1/s1. The van der Waals surface area contributed by atoms with E-state index in [0.29, 0.717) is 5.92 Å². The summed E-state index contributed by atoms with van der Waals surface area (Å²) in [6, 6.07) is 0. The van der Waals surface area contributed by atoms with Gasteiger partial charge in [0.05, 0.1) is 22.9 Å². The summed E-state index contributed by atoms with van der Waals surface area (Å²) in [5, 5.41) is 15.1. The van der Waals surface area contributed by atoms with Crippen LogP contribution in [0.2, 0.25) is 0 Å². The number of hydrogen-bond donors (Lipinski definition) is 1. The van der Waals surface area contributed by atoms with Crippen LogP contribution in [0.3, 0.4) is 0 Å². The van der Waals surface area contributed by atoms with E-state index in [1.165, 1.54) is 25.7 Å². The van der Waals surface area contributed by atoms with Gasteiger partial charge in [0, 0.05) is 25.7 Å². The van der Waals surface area contributed by atoms with E-state index in [1.807, 2.05) is 0 Å². The molecule has 26 heavy (non-hydrogen) atoms. The third-order valence-corrected chi connectivity index (χ3v) is 7.50. The van der Waals surface area contributed by atoms with Crippen molar-refractivity contribution in [2.45, 2.75) is 63.5 Å². The second-order valence-corrected chi connectivity index (χ2v) is 9.56. The molecule has 2 aliphatic carbocycles. The summed E-state index contributed by atoms with van der Waals surface area (Å²) >= 11 is 1.61. The van der Waals surface area contributed by atoms with Gasteiger partial charge < -0.3 is 9.63 Å². The molecule has 6 nitrogen and oxygen atoms in total. The van der Waals surface area contributed by atoms with Crippen molar-refractivity contribution in [3.63, 3.8) is 0 Å². The van der Waals surface area contributed by atoms with Gasteiger partial charge in [-0.15, -0.1) is 11.3 Å². The summed E-state index contributed by atoms with van der Waals surface area (Å²) < 4.78 is 5.78. The Bertz CT molecular complexity index is 784. The van der Waals surface area contributed by atoms with Crippen LogP contribution in [-0.4, -0.2) is 38.2 Å². The first-order valence-electron chi connectivity index (χ1n) is 9.80. The molecule has 3 heterocycles. The SMILES string of the molecule is C[C@@H](O)c1cnc(CN2C[C@H]3CCC[C@@]3(c3nc(CC4CC4)no3)C2)s1. The van der Waals surface area contributed by atoms with E-state index < -0.39 is 6.10 Å². The minimum Gasteiger partial charge on any atom is -0.388 e. The Morgan fingerprint density at radius 1 is 1.42 bits per heavy atom. The van der Waals surface area contributed by atoms with Gasteiger partial charge in [0.25, 0.3) is 0 Å². The van der Waals surface area contributed by atoms with Gasteiger partial charge in [0.1, 0.15) is 5.01 Å². The Balaban J connectivity index is 1.32. The minimum absolute atomic E-state index is 0.0408. The molecule has 3 aliphatic rings. The van der Waals surface area contributed by atoms with Crippen molar-refractivity contribution in [1.82, 2.24) is 20.0 Å². The van der Waals surface area contributed by atoms with Crippen molar-refractivity contribution in [2.75, 3.05) is 13.1 Å². The molecule has 3 atom stereocenters. The number of fused-ring (bicyclic) bond motifs is 1. The molecule has 0 bridgehead atoms. The van der Waals surface area contributed by atoms with Gasteiger partial charge in [-0.1, -0.05) is 11.6 Å². The first kappa shape index (κ1) is 16.8. The highest BCUT2D eigenvalue weighted by Crippen LogP contribution is 2.50. The zero-order valence-corrected chi connectivity index (χ0v) is 16.0. The van der Waals surface area contributed by atoms with E-state index >= 15 is 0 Å². The van der Waals surface area contributed by atoms with E-state index in [9.17, 15) is 5.11 Å². The molecule has 0 radical (unpaired) electrons. The van der Waals surface area contributed by atoms with Crippen LogP contribution in [0.25, 0.3) is 0 Å². The van der Waals surface area contributed by atoms with E-state index in [4.69, 9.17) is 9.51 Å². The average molecular weight is 375 g/mol. The first-order valence-corrected chi connectivity index (χ1v) is 10.6. The molecule has 2 aromatic heterocycles. The smallest absolute Gasteiger partial charge is 0.234 e. The Kier molecular flexibility index (Phi) is 4.14. The largest absolute Gasteiger partial charge is 0.388 e. The quantitative estimate of drug-likeness (QED) is 0.837. The van der Waals surface area contributed by atoms with E-state index in [2.05, 4.69) is 15.0 Å². The van der Waals surface area contributed by atoms with Crippen LogP contribution in [0.5, 0.6) is 0 Å². The summed E-state index contributed by atoms with van der Waals surface area (Å²) in [6.45, 7) is 4.69. The van der Waals surface area contributed by atoms with Crippen molar-refractivity contribution >= 4 is 11.3 Å². The summed E-state index contributed by atoms with van der Waals surface area (Å²) in [6.07, 6.45) is 8.62. The highest BCUT2D eigenvalue weighted by Gasteiger charge is 2.54. The Labute approximate surface area is 157 Å². The Hall–Kier alpha value is -1.31. The predicted octanol–water partition coefficient (Wildman–Crippen LogP) is 3.09. The molecule has 5 rings (SSSR count). The van der Waals surface area contributed by atoms with Crippen LogP contribution < -0.4 is 0 Å². The molecule has 1 N–H and O–H groups in total. The summed E-state index contributed by atoms with van der Waals surface area (Å²) in [4.78, 5) is 12.7. The van der Waals surface area contributed by atoms with E-state index in [-0.39, 0.29) is 5.41 Å². The number of likely N-dealkylation sites (tertiary alicyclic amines) is 1. The number of thiazole rings is 1. The second-order valence-electron chi connectivity index (χ2n) is 8.41. The fourth-order valence-electron chi connectivity index (χ4n) is 4.76. The van der Waals surface area contributed by atoms with E-state index in [1.54, 1.807) is 24.5 Å². The van der Waals surface area contributed by atoms with Gasteiger partial charge in [-0.2, -0.15) is 4.98 Å². The van der Waals surface area contributed by atoms with Crippen molar-refractivity contribution in [2.24, 2.45) is 11.8 Å². The summed E-state index contributed by atoms with van der Waals surface area (Å²) in [5.74, 6) is 3.17. The van der Waals surface area contributed by atoms with Gasteiger partial charge in [-0.05, 0) is 44.4 Å². The summed E-state index contributed by atoms with van der Waals surface area (Å²) in [5.41, 5.74) is 0.0408. The number of aromatic nitrogens is 3. The molecule has 1 saturated heterocycles. The van der Waals surface area contributed by atoms with Crippen LogP contribution in [0.4, 0.5) is 0 Å².